The predicted molar refractivity (Wildman–Crippen MR) is 74.0 cm³/mol. The van der Waals surface area contributed by atoms with Gasteiger partial charge in [-0.3, -0.25) is 4.90 Å². The Labute approximate surface area is 135 Å². The molecule has 1 unspecified atom stereocenters. The highest BCUT2D eigenvalue weighted by Gasteiger charge is 2.45. The van der Waals surface area contributed by atoms with E-state index in [1.807, 2.05) is 0 Å². The molecule has 0 aliphatic carbocycles. The fourth-order valence-electron chi connectivity index (χ4n) is 2.45. The van der Waals surface area contributed by atoms with Gasteiger partial charge in [0, 0.05) is 26.9 Å². The van der Waals surface area contributed by atoms with Crippen molar-refractivity contribution in [1.29, 1.82) is 0 Å². The lowest BCUT2D eigenvalue weighted by Gasteiger charge is -2.39. The van der Waals surface area contributed by atoms with Crippen molar-refractivity contribution in [3.8, 4) is 0 Å². The average molecular weight is 344 g/mol. The van der Waals surface area contributed by atoms with Crippen LogP contribution in [-0.2, 0) is 19.1 Å². The third kappa shape index (κ3) is 3.19. The van der Waals surface area contributed by atoms with Crippen LogP contribution in [0.3, 0.4) is 0 Å². The molecule has 132 valence electrons. The van der Waals surface area contributed by atoms with E-state index in [0.717, 1.165) is 9.80 Å². The first-order valence-corrected chi connectivity index (χ1v) is 6.90. The van der Waals surface area contributed by atoms with Gasteiger partial charge in [-0.2, -0.15) is 0 Å². The van der Waals surface area contributed by atoms with Crippen molar-refractivity contribution in [2.24, 2.45) is 0 Å². The molecule has 0 aromatic rings. The molecule has 3 N–H and O–H groups in total. The number of carbonyl (C=O) groups excluding carboxylic acids is 2. The van der Waals surface area contributed by atoms with Crippen LogP contribution in [0.5, 0.6) is 0 Å². The van der Waals surface area contributed by atoms with Gasteiger partial charge in [-0.1, -0.05) is 0 Å². The minimum atomic E-state index is -1.52. The zero-order valence-electron chi connectivity index (χ0n) is 12.9. The summed E-state index contributed by atoms with van der Waals surface area (Å²) in [4.78, 5) is 47.9. The largest absolute Gasteiger partial charge is 0.509 e. The van der Waals surface area contributed by atoms with E-state index in [0.29, 0.717) is 0 Å². The number of aliphatic hydroxyl groups excluding tert-OH is 1. The number of piperazine rings is 1. The third-order valence-corrected chi connectivity index (χ3v) is 3.55. The molecule has 2 heterocycles. The molecule has 2 amide bonds. The molecule has 2 aliphatic rings. The van der Waals surface area contributed by atoms with E-state index in [1.165, 1.54) is 13.8 Å². The lowest BCUT2D eigenvalue weighted by atomic mass is 10.0. The second-order valence-corrected chi connectivity index (χ2v) is 5.66. The molecular weight excluding hydrogens is 328 g/mol. The van der Waals surface area contributed by atoms with Gasteiger partial charge in [0.15, 0.2) is 5.57 Å². The molecule has 11 heteroatoms. The summed E-state index contributed by atoms with van der Waals surface area (Å²) >= 11 is 0. The molecular formula is C13H16N2O9. The lowest BCUT2D eigenvalue weighted by molar-refractivity contribution is -0.222. The first-order valence-electron chi connectivity index (χ1n) is 6.90. The Morgan fingerprint density at radius 3 is 2.04 bits per heavy atom. The summed E-state index contributed by atoms with van der Waals surface area (Å²) in [6.07, 6.45) is -2.76. The van der Waals surface area contributed by atoms with Crippen molar-refractivity contribution in [3.63, 3.8) is 0 Å². The summed E-state index contributed by atoms with van der Waals surface area (Å²) in [7, 11) is 0. The number of carbonyl (C=O) groups is 4. The number of carboxylic acid groups (broad SMARTS) is 2. The Balaban J connectivity index is 2.40. The van der Waals surface area contributed by atoms with Gasteiger partial charge in [0.1, 0.15) is 11.8 Å². The van der Waals surface area contributed by atoms with Gasteiger partial charge in [-0.15, -0.1) is 0 Å². The molecule has 0 saturated carbocycles. The number of hydrogen-bond acceptors (Lipinski definition) is 7. The Hall–Kier alpha value is -2.98. The number of rotatable bonds is 1. The maximum absolute atomic E-state index is 12.0. The second kappa shape index (κ2) is 5.91. The summed E-state index contributed by atoms with van der Waals surface area (Å²) < 4.78 is 9.69. The number of aliphatic hydroxyl groups is 1. The zero-order chi connectivity index (χ0) is 18.2. The summed E-state index contributed by atoms with van der Waals surface area (Å²) in [6.45, 7) is 1.84. The molecule has 1 atom stereocenters. The van der Waals surface area contributed by atoms with E-state index in [4.69, 9.17) is 14.6 Å². The van der Waals surface area contributed by atoms with E-state index in [9.17, 15) is 29.4 Å². The maximum atomic E-state index is 12.0. The van der Waals surface area contributed by atoms with Crippen LogP contribution in [0.2, 0.25) is 0 Å². The molecule has 0 bridgehead atoms. The summed E-state index contributed by atoms with van der Waals surface area (Å²) in [5.41, 5.74) is -0.849. The van der Waals surface area contributed by atoms with Crippen molar-refractivity contribution in [2.75, 3.05) is 19.6 Å². The van der Waals surface area contributed by atoms with Crippen molar-refractivity contribution in [3.05, 3.63) is 11.3 Å². The Bertz CT molecular complexity index is 617. The molecule has 2 fully saturated rings. The number of cyclic esters (lactones) is 2. The Morgan fingerprint density at radius 2 is 1.58 bits per heavy atom. The van der Waals surface area contributed by atoms with E-state index < -0.39 is 53.8 Å². The van der Waals surface area contributed by atoms with Crippen molar-refractivity contribution >= 4 is 24.1 Å². The first kappa shape index (κ1) is 17.4. The highest BCUT2D eigenvalue weighted by Crippen LogP contribution is 2.27. The van der Waals surface area contributed by atoms with Gasteiger partial charge in [-0.25, -0.2) is 19.2 Å². The van der Waals surface area contributed by atoms with Crippen LogP contribution < -0.4 is 0 Å². The summed E-state index contributed by atoms with van der Waals surface area (Å²) in [5, 5.41) is 28.5. The normalized spacial score (nSPS) is 23.4. The standard InChI is InChI=1S/C13H16N2O9/c1-13(2)23-9(17)7(10(18)24-13)8(16)6-5-14(11(19)20)3-4-15(6)12(21)22/h6,16H,3-5H2,1-2H3,(H,19,20)(H,21,22). The molecule has 24 heavy (non-hydrogen) atoms. The monoisotopic (exact) mass is 344 g/mol. The van der Waals surface area contributed by atoms with Gasteiger partial charge >= 0.3 is 24.1 Å². The van der Waals surface area contributed by atoms with Gasteiger partial charge in [-0.05, 0) is 0 Å². The quantitative estimate of drug-likeness (QED) is 0.257. The second-order valence-electron chi connectivity index (χ2n) is 5.66. The average Bonchev–Trinajstić information content (AvgIpc) is 2.44. The summed E-state index contributed by atoms with van der Waals surface area (Å²) in [6, 6.07) is -1.43. The number of amides is 2. The Morgan fingerprint density at radius 1 is 1.04 bits per heavy atom. The fraction of sp³-hybridized carbons (Fsp3) is 0.538. The zero-order valence-corrected chi connectivity index (χ0v) is 12.9. The van der Waals surface area contributed by atoms with Crippen molar-refractivity contribution < 1.29 is 44.0 Å². The topological polar surface area (TPSA) is 154 Å². The minimum Gasteiger partial charge on any atom is -0.509 e. The molecule has 0 aromatic carbocycles. The maximum Gasteiger partial charge on any atom is 0.408 e. The number of nitrogens with zero attached hydrogens (tertiary/aromatic N) is 2. The SMILES string of the molecule is CC1(C)OC(=O)C(=C(O)C2CN(C(=O)O)CCN2C(=O)O)C(=O)O1. The van der Waals surface area contributed by atoms with Crippen LogP contribution in [0.1, 0.15) is 13.8 Å². The van der Waals surface area contributed by atoms with Crippen LogP contribution in [0.25, 0.3) is 0 Å². The van der Waals surface area contributed by atoms with E-state index in [-0.39, 0.29) is 13.1 Å². The molecule has 2 rings (SSSR count). The summed E-state index contributed by atoms with van der Waals surface area (Å²) in [5.74, 6) is -4.78. The van der Waals surface area contributed by atoms with E-state index >= 15 is 0 Å². The molecule has 11 nitrogen and oxygen atoms in total. The first-order chi connectivity index (χ1) is 11.0. The van der Waals surface area contributed by atoms with Crippen LogP contribution in [0.15, 0.2) is 11.3 Å². The number of ether oxygens (including phenoxy) is 2. The van der Waals surface area contributed by atoms with E-state index in [1.54, 1.807) is 0 Å². The van der Waals surface area contributed by atoms with Crippen LogP contribution in [0, 0.1) is 0 Å². The molecule has 2 aliphatic heterocycles. The number of esters is 2. The predicted octanol–water partition coefficient (Wildman–Crippen LogP) is -0.0232. The van der Waals surface area contributed by atoms with Gasteiger partial charge < -0.3 is 29.7 Å². The van der Waals surface area contributed by atoms with E-state index in [2.05, 4.69) is 0 Å². The van der Waals surface area contributed by atoms with Crippen LogP contribution in [0.4, 0.5) is 9.59 Å². The highest BCUT2D eigenvalue weighted by molar-refractivity contribution is 6.15. The smallest absolute Gasteiger partial charge is 0.408 e. The van der Waals surface area contributed by atoms with Crippen LogP contribution >= 0.6 is 0 Å². The van der Waals surface area contributed by atoms with Gasteiger partial charge in [0.05, 0.1) is 6.54 Å². The molecule has 0 radical (unpaired) electrons. The Kier molecular flexibility index (Phi) is 4.28. The highest BCUT2D eigenvalue weighted by atomic mass is 16.7. The van der Waals surface area contributed by atoms with Crippen LogP contribution in [-0.4, -0.2) is 80.7 Å². The van der Waals surface area contributed by atoms with Crippen molar-refractivity contribution in [2.45, 2.75) is 25.7 Å². The third-order valence-electron chi connectivity index (χ3n) is 3.55. The number of hydrogen-bond donors (Lipinski definition) is 3. The molecule has 0 aromatic heterocycles. The minimum absolute atomic E-state index is 0.108. The van der Waals surface area contributed by atoms with Gasteiger partial charge in [0.2, 0.25) is 0 Å². The fourth-order valence-corrected chi connectivity index (χ4v) is 2.45. The van der Waals surface area contributed by atoms with Crippen molar-refractivity contribution in [1.82, 2.24) is 9.80 Å². The lowest BCUT2D eigenvalue weighted by Crippen LogP contribution is -2.57. The molecule has 0 spiro atoms. The molecule has 2 saturated heterocycles. The van der Waals surface area contributed by atoms with Gasteiger partial charge in [0.25, 0.3) is 5.79 Å².